The average Bonchev–Trinajstić information content (AvgIpc) is 2.85. The van der Waals surface area contributed by atoms with E-state index in [0.29, 0.717) is 12.3 Å². The summed E-state index contributed by atoms with van der Waals surface area (Å²) in [7, 11) is -1.13. The number of carboxylic acid groups (broad SMARTS) is 1. The summed E-state index contributed by atoms with van der Waals surface area (Å²) >= 11 is 0. The molecule has 1 N–H and O–H groups in total. The average molecular weight is 279 g/mol. The maximum absolute atomic E-state index is 12.1. The molecule has 1 aromatic heterocycles. The van der Waals surface area contributed by atoms with Crippen LogP contribution in [0.1, 0.15) is 16.1 Å². The van der Waals surface area contributed by atoms with Crippen LogP contribution in [0.15, 0.2) is 35.4 Å². The van der Waals surface area contributed by atoms with Crippen molar-refractivity contribution < 1.29 is 14.1 Å². The lowest BCUT2D eigenvalue weighted by atomic mass is 10.2. The second-order valence-corrected chi connectivity index (χ2v) is 5.53. The van der Waals surface area contributed by atoms with Gasteiger partial charge in [-0.25, -0.2) is 4.79 Å². The summed E-state index contributed by atoms with van der Waals surface area (Å²) in [5, 5.41) is 15.9. The standard InChI is InChI=1S/C12H13N3O3S/c1-9-4-2-3-5-11(9)19(18)7-6-15-8-10(12(16)17)13-14-15/h2-5,8H,6-7H2,1H3,(H,16,17). The van der Waals surface area contributed by atoms with Gasteiger partial charge >= 0.3 is 5.97 Å². The first kappa shape index (κ1) is 13.4. The highest BCUT2D eigenvalue weighted by Gasteiger charge is 2.10. The van der Waals surface area contributed by atoms with E-state index in [9.17, 15) is 9.00 Å². The van der Waals surface area contributed by atoms with Gasteiger partial charge in [-0.05, 0) is 18.6 Å². The molecule has 0 spiro atoms. The second kappa shape index (κ2) is 5.75. The van der Waals surface area contributed by atoms with Crippen LogP contribution in [0, 0.1) is 6.92 Å². The Morgan fingerprint density at radius 3 is 2.79 bits per heavy atom. The van der Waals surface area contributed by atoms with Crippen LogP contribution in [0.3, 0.4) is 0 Å². The first-order valence-electron chi connectivity index (χ1n) is 5.65. The van der Waals surface area contributed by atoms with Crippen molar-refractivity contribution >= 4 is 16.8 Å². The van der Waals surface area contributed by atoms with Gasteiger partial charge in [-0.3, -0.25) is 8.89 Å². The number of carboxylic acids is 1. The first-order valence-corrected chi connectivity index (χ1v) is 6.97. The predicted molar refractivity (Wildman–Crippen MR) is 69.4 cm³/mol. The smallest absolute Gasteiger partial charge is 0.358 e. The lowest BCUT2D eigenvalue weighted by Gasteiger charge is -2.05. The van der Waals surface area contributed by atoms with Gasteiger partial charge in [0.15, 0.2) is 5.69 Å². The third-order valence-electron chi connectivity index (χ3n) is 2.60. The molecular weight excluding hydrogens is 266 g/mol. The van der Waals surface area contributed by atoms with Crippen LogP contribution >= 0.6 is 0 Å². The Hall–Kier alpha value is -2.02. The number of aromatic carboxylic acids is 1. The highest BCUT2D eigenvalue weighted by molar-refractivity contribution is 7.85. The van der Waals surface area contributed by atoms with Crippen molar-refractivity contribution in [2.24, 2.45) is 0 Å². The Balaban J connectivity index is 2.00. The molecule has 0 aliphatic carbocycles. The zero-order valence-corrected chi connectivity index (χ0v) is 11.1. The van der Waals surface area contributed by atoms with E-state index in [1.165, 1.54) is 10.9 Å². The van der Waals surface area contributed by atoms with E-state index >= 15 is 0 Å². The topological polar surface area (TPSA) is 85.1 Å². The molecule has 2 aromatic rings. The molecule has 1 heterocycles. The first-order chi connectivity index (χ1) is 9.08. The van der Waals surface area contributed by atoms with E-state index in [4.69, 9.17) is 5.11 Å². The van der Waals surface area contributed by atoms with Crippen molar-refractivity contribution in [3.05, 3.63) is 41.7 Å². The van der Waals surface area contributed by atoms with Gasteiger partial charge in [0.2, 0.25) is 0 Å². The van der Waals surface area contributed by atoms with E-state index < -0.39 is 16.8 Å². The van der Waals surface area contributed by atoms with Crippen molar-refractivity contribution in [2.75, 3.05) is 5.75 Å². The molecule has 7 heteroatoms. The number of nitrogens with zero attached hydrogens (tertiary/aromatic N) is 3. The van der Waals surface area contributed by atoms with Gasteiger partial charge in [0, 0.05) is 10.6 Å². The lowest BCUT2D eigenvalue weighted by Crippen LogP contribution is -2.09. The number of rotatable bonds is 5. The van der Waals surface area contributed by atoms with Crippen LogP contribution in [-0.4, -0.2) is 36.0 Å². The fourth-order valence-electron chi connectivity index (χ4n) is 1.60. The van der Waals surface area contributed by atoms with Crippen LogP contribution in [0.5, 0.6) is 0 Å². The molecule has 0 amide bonds. The summed E-state index contributed by atoms with van der Waals surface area (Å²) in [6.45, 7) is 2.27. The van der Waals surface area contributed by atoms with Gasteiger partial charge in [-0.1, -0.05) is 23.4 Å². The Bertz CT molecular complexity index is 624. The second-order valence-electron chi connectivity index (χ2n) is 3.99. The van der Waals surface area contributed by atoms with Gasteiger partial charge in [0.1, 0.15) is 0 Å². The Labute approximate surface area is 112 Å². The minimum absolute atomic E-state index is 0.110. The van der Waals surface area contributed by atoms with Crippen LogP contribution in [0.2, 0.25) is 0 Å². The number of carbonyl (C=O) groups is 1. The molecule has 2 rings (SSSR count). The zero-order valence-electron chi connectivity index (χ0n) is 10.3. The van der Waals surface area contributed by atoms with Crippen LogP contribution in [0.4, 0.5) is 0 Å². The van der Waals surface area contributed by atoms with Crippen molar-refractivity contribution in [3.8, 4) is 0 Å². The summed E-state index contributed by atoms with van der Waals surface area (Å²) in [6, 6.07) is 7.48. The number of hydrogen-bond acceptors (Lipinski definition) is 4. The van der Waals surface area contributed by atoms with Crippen LogP contribution < -0.4 is 0 Å². The fraction of sp³-hybridized carbons (Fsp3) is 0.250. The summed E-state index contributed by atoms with van der Waals surface area (Å²) in [5.74, 6) is -0.751. The highest BCUT2D eigenvalue weighted by Crippen LogP contribution is 2.12. The zero-order chi connectivity index (χ0) is 13.8. The number of benzene rings is 1. The maximum atomic E-state index is 12.1. The van der Waals surface area contributed by atoms with Crippen LogP contribution in [0.25, 0.3) is 0 Å². The van der Waals surface area contributed by atoms with Crippen molar-refractivity contribution in [1.82, 2.24) is 15.0 Å². The van der Waals surface area contributed by atoms with E-state index in [1.807, 2.05) is 31.2 Å². The molecule has 0 fully saturated rings. The molecular formula is C12H13N3O3S. The normalized spacial score (nSPS) is 12.3. The number of aryl methyl sites for hydroxylation is 2. The molecule has 0 aliphatic rings. The molecule has 1 unspecified atom stereocenters. The summed E-state index contributed by atoms with van der Waals surface area (Å²) in [4.78, 5) is 11.4. The quantitative estimate of drug-likeness (QED) is 0.885. The number of hydrogen-bond donors (Lipinski definition) is 1. The molecule has 1 atom stereocenters. The third kappa shape index (κ3) is 3.25. The molecule has 0 bridgehead atoms. The molecule has 0 saturated heterocycles. The predicted octanol–water partition coefficient (Wildman–Crippen LogP) is 1.09. The fourth-order valence-corrected chi connectivity index (χ4v) is 2.83. The van der Waals surface area contributed by atoms with Gasteiger partial charge < -0.3 is 5.11 Å². The molecule has 0 radical (unpaired) electrons. The molecule has 0 aliphatic heterocycles. The Kier molecular flexibility index (Phi) is 4.06. The monoisotopic (exact) mass is 279 g/mol. The van der Waals surface area contributed by atoms with Crippen molar-refractivity contribution in [2.45, 2.75) is 18.4 Å². The number of aromatic nitrogens is 3. The molecule has 19 heavy (non-hydrogen) atoms. The summed E-state index contributed by atoms with van der Waals surface area (Å²) in [6.07, 6.45) is 1.33. The summed E-state index contributed by atoms with van der Waals surface area (Å²) < 4.78 is 13.5. The molecule has 1 aromatic carbocycles. The molecule has 0 saturated carbocycles. The molecule has 100 valence electrons. The van der Waals surface area contributed by atoms with E-state index in [0.717, 1.165) is 10.5 Å². The van der Waals surface area contributed by atoms with E-state index in [1.54, 1.807) is 0 Å². The van der Waals surface area contributed by atoms with E-state index in [2.05, 4.69) is 10.3 Å². The van der Waals surface area contributed by atoms with Gasteiger partial charge in [-0.15, -0.1) is 5.10 Å². The van der Waals surface area contributed by atoms with Crippen molar-refractivity contribution in [1.29, 1.82) is 0 Å². The van der Waals surface area contributed by atoms with Gasteiger partial charge in [0.25, 0.3) is 0 Å². The van der Waals surface area contributed by atoms with Crippen LogP contribution in [-0.2, 0) is 17.3 Å². The minimum Gasteiger partial charge on any atom is -0.476 e. The SMILES string of the molecule is Cc1ccccc1S(=O)CCn1cc(C(=O)O)nn1. The summed E-state index contributed by atoms with van der Waals surface area (Å²) in [5.41, 5.74) is 0.868. The largest absolute Gasteiger partial charge is 0.476 e. The lowest BCUT2D eigenvalue weighted by molar-refractivity contribution is 0.0690. The minimum atomic E-state index is -1.13. The molecule has 6 nitrogen and oxygen atoms in total. The van der Waals surface area contributed by atoms with E-state index in [-0.39, 0.29) is 5.69 Å². The Morgan fingerprint density at radius 2 is 2.16 bits per heavy atom. The third-order valence-corrected chi connectivity index (χ3v) is 4.10. The highest BCUT2D eigenvalue weighted by atomic mass is 32.2. The van der Waals surface area contributed by atoms with Gasteiger partial charge in [-0.2, -0.15) is 0 Å². The van der Waals surface area contributed by atoms with Gasteiger partial charge in [0.05, 0.1) is 23.5 Å². The Morgan fingerprint density at radius 1 is 1.42 bits per heavy atom. The maximum Gasteiger partial charge on any atom is 0.358 e. The van der Waals surface area contributed by atoms with Crippen molar-refractivity contribution in [3.63, 3.8) is 0 Å².